The molecule has 1 atom stereocenters. The Labute approximate surface area is 134 Å². The molecule has 0 fully saturated rings. The average Bonchev–Trinajstić information content (AvgIpc) is 2.88. The smallest absolute Gasteiger partial charge is 0.207 e. The van der Waals surface area contributed by atoms with Crippen molar-refractivity contribution in [1.82, 2.24) is 10.2 Å². The van der Waals surface area contributed by atoms with E-state index in [-0.39, 0.29) is 0 Å². The highest BCUT2D eigenvalue weighted by Crippen LogP contribution is 2.20. The maximum absolute atomic E-state index is 5.60. The molecule has 6 nitrogen and oxygen atoms in total. The standard InChI is InChI=1S/C15H22N6S/c1-4-12(18-15-21-20-14(16)22-15)6-5-10(2)7-13-8-11(3)9-17-19-13/h7,9,12H,3-6,8H2,1-2H3,(H2,16,20)(H,18,21). The largest absolute Gasteiger partial charge is 0.374 e. The van der Waals surface area contributed by atoms with Gasteiger partial charge in [0.15, 0.2) is 0 Å². The Balaban J connectivity index is 1.85. The Bertz CT molecular complexity index is 613. The van der Waals surface area contributed by atoms with Crippen molar-refractivity contribution < 1.29 is 0 Å². The Kier molecular flexibility index (Phi) is 5.83. The molecule has 1 aliphatic heterocycles. The van der Waals surface area contributed by atoms with Gasteiger partial charge in [-0.15, -0.1) is 10.2 Å². The number of rotatable bonds is 7. The van der Waals surface area contributed by atoms with Gasteiger partial charge in [0.1, 0.15) is 0 Å². The third-order valence-electron chi connectivity index (χ3n) is 3.40. The van der Waals surface area contributed by atoms with Gasteiger partial charge in [-0.1, -0.05) is 30.4 Å². The van der Waals surface area contributed by atoms with Gasteiger partial charge in [0.25, 0.3) is 0 Å². The lowest BCUT2D eigenvalue weighted by Gasteiger charge is -2.16. The molecule has 0 bridgehead atoms. The van der Waals surface area contributed by atoms with Gasteiger partial charge < -0.3 is 11.1 Å². The molecule has 0 amide bonds. The van der Waals surface area contributed by atoms with Gasteiger partial charge in [-0.05, 0) is 37.8 Å². The Morgan fingerprint density at radius 1 is 1.55 bits per heavy atom. The van der Waals surface area contributed by atoms with Crippen LogP contribution in [0.25, 0.3) is 0 Å². The second-order valence-electron chi connectivity index (χ2n) is 5.40. The van der Waals surface area contributed by atoms with Crippen LogP contribution in [0.5, 0.6) is 0 Å². The first-order valence-corrected chi connectivity index (χ1v) is 8.18. The Hall–Kier alpha value is -2.02. The summed E-state index contributed by atoms with van der Waals surface area (Å²) in [7, 11) is 0. The zero-order valence-corrected chi connectivity index (χ0v) is 13.9. The van der Waals surface area contributed by atoms with Crippen LogP contribution in [0.15, 0.2) is 34.0 Å². The van der Waals surface area contributed by atoms with Crippen LogP contribution >= 0.6 is 11.3 Å². The van der Waals surface area contributed by atoms with Crippen molar-refractivity contribution in [2.24, 2.45) is 10.2 Å². The molecular weight excluding hydrogens is 296 g/mol. The first-order chi connectivity index (χ1) is 10.6. The lowest BCUT2D eigenvalue weighted by Crippen LogP contribution is -2.18. The molecule has 1 aromatic heterocycles. The lowest BCUT2D eigenvalue weighted by atomic mass is 10.0. The average molecular weight is 318 g/mol. The van der Waals surface area contributed by atoms with Gasteiger partial charge in [0.05, 0.1) is 11.9 Å². The summed E-state index contributed by atoms with van der Waals surface area (Å²) in [5.41, 5.74) is 8.86. The first-order valence-electron chi connectivity index (χ1n) is 7.37. The monoisotopic (exact) mass is 318 g/mol. The zero-order chi connectivity index (χ0) is 15.9. The minimum atomic E-state index is 0.358. The van der Waals surface area contributed by atoms with Crippen LogP contribution in [0, 0.1) is 0 Å². The van der Waals surface area contributed by atoms with E-state index in [9.17, 15) is 0 Å². The summed E-state index contributed by atoms with van der Waals surface area (Å²) in [6.07, 6.45) is 7.63. The molecule has 3 N–H and O–H groups in total. The summed E-state index contributed by atoms with van der Waals surface area (Å²) in [6, 6.07) is 0.358. The second-order valence-corrected chi connectivity index (χ2v) is 6.40. The molecule has 0 saturated heterocycles. The van der Waals surface area contributed by atoms with Crippen LogP contribution in [0.3, 0.4) is 0 Å². The van der Waals surface area contributed by atoms with E-state index in [0.717, 1.165) is 42.1 Å². The van der Waals surface area contributed by atoms with Crippen molar-refractivity contribution in [3.63, 3.8) is 0 Å². The summed E-state index contributed by atoms with van der Waals surface area (Å²) in [5.74, 6) is 0. The molecule has 2 heterocycles. The van der Waals surface area contributed by atoms with Gasteiger partial charge in [-0.2, -0.15) is 10.2 Å². The van der Waals surface area contributed by atoms with E-state index in [1.807, 2.05) is 0 Å². The van der Waals surface area contributed by atoms with E-state index in [0.29, 0.717) is 11.2 Å². The van der Waals surface area contributed by atoms with Gasteiger partial charge >= 0.3 is 0 Å². The number of hydrogen-bond donors (Lipinski definition) is 2. The summed E-state index contributed by atoms with van der Waals surface area (Å²) in [5, 5.41) is 20.6. The fourth-order valence-corrected chi connectivity index (χ4v) is 2.77. The molecule has 118 valence electrons. The quantitative estimate of drug-likeness (QED) is 0.806. The molecular formula is C15H22N6S. The number of nitrogens with zero attached hydrogens (tertiary/aromatic N) is 4. The van der Waals surface area contributed by atoms with E-state index < -0.39 is 0 Å². The third kappa shape index (κ3) is 5.07. The normalized spacial score (nSPS) is 16.5. The molecule has 0 aliphatic carbocycles. The topological polar surface area (TPSA) is 88.5 Å². The highest BCUT2D eigenvalue weighted by molar-refractivity contribution is 7.18. The van der Waals surface area contributed by atoms with E-state index in [1.165, 1.54) is 16.9 Å². The van der Waals surface area contributed by atoms with Crippen molar-refractivity contribution in [1.29, 1.82) is 0 Å². The van der Waals surface area contributed by atoms with Crippen LogP contribution in [0.2, 0.25) is 0 Å². The van der Waals surface area contributed by atoms with Crippen LogP contribution < -0.4 is 11.1 Å². The molecule has 7 heteroatoms. The first kappa shape index (κ1) is 16.4. The molecule has 1 aliphatic rings. The lowest BCUT2D eigenvalue weighted by molar-refractivity contribution is 0.630. The molecule has 1 unspecified atom stereocenters. The van der Waals surface area contributed by atoms with Crippen LogP contribution in [0.4, 0.5) is 10.3 Å². The van der Waals surface area contributed by atoms with Crippen molar-refractivity contribution in [3.8, 4) is 0 Å². The fraction of sp³-hybridized carbons (Fsp3) is 0.467. The predicted molar refractivity (Wildman–Crippen MR) is 94.7 cm³/mol. The summed E-state index contributed by atoms with van der Waals surface area (Å²) >= 11 is 1.38. The highest BCUT2D eigenvalue weighted by atomic mass is 32.1. The zero-order valence-electron chi connectivity index (χ0n) is 13.0. The minimum Gasteiger partial charge on any atom is -0.374 e. The van der Waals surface area contributed by atoms with Crippen molar-refractivity contribution >= 4 is 33.5 Å². The number of nitrogens with one attached hydrogen (secondary N) is 1. The maximum atomic E-state index is 5.60. The fourth-order valence-electron chi connectivity index (χ4n) is 2.18. The predicted octanol–water partition coefficient (Wildman–Crippen LogP) is 3.42. The Morgan fingerprint density at radius 3 is 3.00 bits per heavy atom. The molecule has 2 rings (SSSR count). The molecule has 22 heavy (non-hydrogen) atoms. The second kappa shape index (κ2) is 7.84. The van der Waals surface area contributed by atoms with Gasteiger partial charge in [-0.25, -0.2) is 0 Å². The molecule has 0 radical (unpaired) electrons. The maximum Gasteiger partial charge on any atom is 0.207 e. The van der Waals surface area contributed by atoms with Crippen LogP contribution in [0.1, 0.15) is 39.5 Å². The Morgan fingerprint density at radius 2 is 2.36 bits per heavy atom. The van der Waals surface area contributed by atoms with Crippen molar-refractivity contribution in [3.05, 3.63) is 23.8 Å². The van der Waals surface area contributed by atoms with Gasteiger partial charge in [0.2, 0.25) is 10.3 Å². The van der Waals surface area contributed by atoms with Crippen LogP contribution in [-0.2, 0) is 0 Å². The van der Waals surface area contributed by atoms with Gasteiger partial charge in [0, 0.05) is 12.5 Å². The van der Waals surface area contributed by atoms with Crippen molar-refractivity contribution in [2.45, 2.75) is 45.6 Å². The van der Waals surface area contributed by atoms with Crippen molar-refractivity contribution in [2.75, 3.05) is 11.1 Å². The molecule has 1 aromatic rings. The number of anilines is 2. The number of nitrogens with two attached hydrogens (primary N) is 1. The van der Waals surface area contributed by atoms with Gasteiger partial charge in [-0.3, -0.25) is 0 Å². The van der Waals surface area contributed by atoms with E-state index in [4.69, 9.17) is 5.73 Å². The van der Waals surface area contributed by atoms with E-state index in [1.54, 1.807) is 6.21 Å². The summed E-state index contributed by atoms with van der Waals surface area (Å²) in [4.78, 5) is 0. The SMILES string of the molecule is C=C1C=NN=C(C=C(C)CCC(CC)Nc2nnc(N)s2)C1. The number of hydrogen-bond acceptors (Lipinski definition) is 7. The number of allylic oxidation sites excluding steroid dienone is 3. The number of aromatic nitrogens is 2. The minimum absolute atomic E-state index is 0.358. The summed E-state index contributed by atoms with van der Waals surface area (Å²) in [6.45, 7) is 8.20. The molecule has 0 saturated carbocycles. The third-order valence-corrected chi connectivity index (χ3v) is 4.08. The number of nitrogen functional groups attached to an aromatic ring is 1. The molecule has 0 aromatic carbocycles. The van der Waals surface area contributed by atoms with E-state index in [2.05, 4.69) is 52.2 Å². The van der Waals surface area contributed by atoms with Crippen LogP contribution in [-0.4, -0.2) is 28.2 Å². The highest BCUT2D eigenvalue weighted by Gasteiger charge is 2.10. The molecule has 0 spiro atoms. The summed E-state index contributed by atoms with van der Waals surface area (Å²) < 4.78 is 0. The van der Waals surface area contributed by atoms with E-state index >= 15 is 0 Å².